The molecule has 128 valence electrons. The Morgan fingerprint density at radius 2 is 1.79 bits per heavy atom. The van der Waals surface area contributed by atoms with Gasteiger partial charge in [-0.25, -0.2) is 0 Å². The van der Waals surface area contributed by atoms with E-state index in [1.165, 1.54) is 11.3 Å². The third kappa shape index (κ3) is 3.78. The van der Waals surface area contributed by atoms with Gasteiger partial charge in [0.05, 0.1) is 6.04 Å². The highest BCUT2D eigenvalue weighted by molar-refractivity contribution is 6.30. The van der Waals surface area contributed by atoms with Gasteiger partial charge in [0.1, 0.15) is 0 Å². The molecule has 0 radical (unpaired) electrons. The first-order valence-electron chi connectivity index (χ1n) is 8.42. The Hall–Kier alpha value is -1.88. The van der Waals surface area contributed by atoms with Crippen LogP contribution in [0.2, 0.25) is 5.02 Å². The number of nitrogens with one attached hydrogen (secondary N) is 1. The van der Waals surface area contributed by atoms with Crippen LogP contribution in [0.1, 0.15) is 50.1 Å². The van der Waals surface area contributed by atoms with Gasteiger partial charge in [-0.3, -0.25) is 19.3 Å². The van der Waals surface area contributed by atoms with Crippen molar-refractivity contribution in [2.24, 2.45) is 5.92 Å². The molecule has 1 saturated carbocycles. The Kier molecular flexibility index (Phi) is 5.19. The molecule has 1 aromatic rings. The molecule has 5 nitrogen and oxygen atoms in total. The minimum atomic E-state index is -0.180. The Morgan fingerprint density at radius 1 is 1.17 bits per heavy atom. The highest BCUT2D eigenvalue weighted by atomic mass is 35.5. The summed E-state index contributed by atoms with van der Waals surface area (Å²) in [5, 5.41) is 3.75. The van der Waals surface area contributed by atoms with Gasteiger partial charge in [0, 0.05) is 30.8 Å². The fourth-order valence-corrected chi connectivity index (χ4v) is 3.37. The van der Waals surface area contributed by atoms with Crippen molar-refractivity contribution in [2.75, 3.05) is 6.54 Å². The number of carbonyl (C=O) groups excluding carboxylic acids is 3. The van der Waals surface area contributed by atoms with Crippen molar-refractivity contribution in [2.45, 2.75) is 44.6 Å². The number of likely N-dealkylation sites (tertiary alicyclic amines) is 1. The first-order valence-corrected chi connectivity index (χ1v) is 8.80. The van der Waals surface area contributed by atoms with Crippen LogP contribution in [0, 0.1) is 5.92 Å². The van der Waals surface area contributed by atoms with E-state index >= 15 is 0 Å². The summed E-state index contributed by atoms with van der Waals surface area (Å²) in [6.07, 6.45) is 4.04. The molecule has 1 aliphatic carbocycles. The molecular weight excluding hydrogens is 328 g/mol. The second kappa shape index (κ2) is 7.34. The number of benzene rings is 1. The van der Waals surface area contributed by atoms with E-state index in [0.717, 1.165) is 18.4 Å². The molecular formula is C18H21ClN2O3. The van der Waals surface area contributed by atoms with Crippen molar-refractivity contribution >= 4 is 29.3 Å². The highest BCUT2D eigenvalue weighted by Crippen LogP contribution is 2.38. The number of nitrogens with zero attached hydrogens (tertiary/aromatic N) is 1. The summed E-state index contributed by atoms with van der Waals surface area (Å²) in [4.78, 5) is 36.7. The van der Waals surface area contributed by atoms with Gasteiger partial charge in [0.15, 0.2) is 0 Å². The minimum absolute atomic E-state index is 0.0338. The number of hydrogen-bond acceptors (Lipinski definition) is 3. The minimum Gasteiger partial charge on any atom is -0.349 e. The summed E-state index contributed by atoms with van der Waals surface area (Å²) in [6.45, 7) is 0.168. The fraction of sp³-hybridized carbons (Fsp3) is 0.500. The van der Waals surface area contributed by atoms with E-state index in [4.69, 9.17) is 11.6 Å². The van der Waals surface area contributed by atoms with Gasteiger partial charge in [-0.1, -0.05) is 30.2 Å². The molecule has 3 amide bonds. The number of imide groups is 1. The van der Waals surface area contributed by atoms with Gasteiger partial charge in [-0.2, -0.15) is 0 Å². The maximum Gasteiger partial charge on any atom is 0.229 e. The van der Waals surface area contributed by atoms with Gasteiger partial charge in [-0.05, 0) is 36.5 Å². The number of amides is 3. The summed E-state index contributed by atoms with van der Waals surface area (Å²) in [5.41, 5.74) is 1.05. The van der Waals surface area contributed by atoms with E-state index in [1.807, 2.05) is 24.3 Å². The molecule has 1 aliphatic heterocycles. The lowest BCUT2D eigenvalue weighted by atomic mass is 9.77. The lowest BCUT2D eigenvalue weighted by Crippen LogP contribution is -2.38. The van der Waals surface area contributed by atoms with Crippen molar-refractivity contribution in [3.8, 4) is 0 Å². The molecule has 2 aliphatic rings. The summed E-state index contributed by atoms with van der Waals surface area (Å²) >= 11 is 5.94. The molecule has 24 heavy (non-hydrogen) atoms. The van der Waals surface area contributed by atoms with Crippen LogP contribution in [-0.2, 0) is 14.4 Å². The lowest BCUT2D eigenvalue weighted by molar-refractivity contribution is -0.138. The number of rotatable bonds is 6. The first-order chi connectivity index (χ1) is 11.5. The zero-order valence-corrected chi connectivity index (χ0v) is 14.2. The molecule has 6 heteroatoms. The Bertz CT molecular complexity index is 624. The zero-order chi connectivity index (χ0) is 17.1. The van der Waals surface area contributed by atoms with E-state index in [2.05, 4.69) is 5.32 Å². The van der Waals surface area contributed by atoms with Crippen molar-refractivity contribution < 1.29 is 14.4 Å². The van der Waals surface area contributed by atoms with E-state index in [1.54, 1.807) is 0 Å². The maximum atomic E-state index is 12.3. The van der Waals surface area contributed by atoms with E-state index in [-0.39, 0.29) is 49.6 Å². The lowest BCUT2D eigenvalue weighted by Gasteiger charge is -2.34. The molecule has 0 spiro atoms. The quantitative estimate of drug-likeness (QED) is 0.804. The topological polar surface area (TPSA) is 66.5 Å². The van der Waals surface area contributed by atoms with Crippen molar-refractivity contribution in [1.82, 2.24) is 10.2 Å². The molecule has 3 rings (SSSR count). The van der Waals surface area contributed by atoms with Gasteiger partial charge in [0.25, 0.3) is 0 Å². The Balaban J connectivity index is 1.60. The standard InChI is InChI=1S/C18H21ClN2O3/c19-14-6-4-13(5-7-14)18(12-2-1-3-12)20-15(22)10-11-21-16(23)8-9-17(21)24/h4-7,12,18H,1-3,8-11H2,(H,20,22)/t18-/m1/s1. The SMILES string of the molecule is O=C(CCN1C(=O)CCC1=O)N[C@@H](c1ccc(Cl)cc1)C1CCC1. The number of halogens is 1. The van der Waals surface area contributed by atoms with Crippen molar-refractivity contribution in [1.29, 1.82) is 0 Å². The summed E-state index contributed by atoms with van der Waals surface area (Å²) in [7, 11) is 0. The average Bonchev–Trinajstić information content (AvgIpc) is 2.82. The van der Waals surface area contributed by atoms with Crippen LogP contribution in [0.3, 0.4) is 0 Å². The number of carbonyl (C=O) groups is 3. The largest absolute Gasteiger partial charge is 0.349 e. The first kappa shape index (κ1) is 17.0. The van der Waals surface area contributed by atoms with Crippen LogP contribution in [0.4, 0.5) is 0 Å². The summed E-state index contributed by atoms with van der Waals surface area (Å²) in [5.74, 6) is -0.0541. The molecule has 1 heterocycles. The number of hydrogen-bond donors (Lipinski definition) is 1. The molecule has 0 bridgehead atoms. The van der Waals surface area contributed by atoms with Crippen LogP contribution in [0.5, 0.6) is 0 Å². The van der Waals surface area contributed by atoms with Gasteiger partial charge in [0.2, 0.25) is 17.7 Å². The molecule has 0 aromatic heterocycles. The summed E-state index contributed by atoms with van der Waals surface area (Å²) < 4.78 is 0. The van der Waals surface area contributed by atoms with Crippen LogP contribution >= 0.6 is 11.6 Å². The second-order valence-corrected chi connectivity index (χ2v) is 6.91. The van der Waals surface area contributed by atoms with E-state index < -0.39 is 0 Å². The third-order valence-corrected chi connectivity index (χ3v) is 5.14. The van der Waals surface area contributed by atoms with Crippen molar-refractivity contribution in [3.63, 3.8) is 0 Å². The Morgan fingerprint density at radius 3 is 2.33 bits per heavy atom. The highest BCUT2D eigenvalue weighted by Gasteiger charge is 2.31. The molecule has 1 saturated heterocycles. The van der Waals surface area contributed by atoms with Crippen LogP contribution in [-0.4, -0.2) is 29.2 Å². The maximum absolute atomic E-state index is 12.3. The molecule has 1 N–H and O–H groups in total. The normalized spacial score (nSPS) is 19.3. The van der Waals surface area contributed by atoms with Crippen LogP contribution in [0.25, 0.3) is 0 Å². The molecule has 0 unspecified atom stereocenters. The molecule has 1 atom stereocenters. The third-order valence-electron chi connectivity index (χ3n) is 4.88. The van der Waals surface area contributed by atoms with Gasteiger partial charge in [-0.15, -0.1) is 0 Å². The van der Waals surface area contributed by atoms with Gasteiger partial charge < -0.3 is 5.32 Å². The van der Waals surface area contributed by atoms with E-state index in [9.17, 15) is 14.4 Å². The Labute approximate surface area is 146 Å². The second-order valence-electron chi connectivity index (χ2n) is 6.48. The monoisotopic (exact) mass is 348 g/mol. The van der Waals surface area contributed by atoms with Crippen LogP contribution < -0.4 is 5.32 Å². The van der Waals surface area contributed by atoms with Crippen molar-refractivity contribution in [3.05, 3.63) is 34.9 Å². The van der Waals surface area contributed by atoms with Gasteiger partial charge >= 0.3 is 0 Å². The molecule has 1 aromatic carbocycles. The predicted molar refractivity (Wildman–Crippen MR) is 90.2 cm³/mol. The fourth-order valence-electron chi connectivity index (χ4n) is 3.25. The van der Waals surface area contributed by atoms with Crippen LogP contribution in [0.15, 0.2) is 24.3 Å². The summed E-state index contributed by atoms with van der Waals surface area (Å²) in [6, 6.07) is 7.51. The van der Waals surface area contributed by atoms with E-state index in [0.29, 0.717) is 10.9 Å². The predicted octanol–water partition coefficient (Wildman–Crippen LogP) is 2.84. The smallest absolute Gasteiger partial charge is 0.229 e. The molecule has 2 fully saturated rings. The average molecular weight is 349 g/mol. The zero-order valence-electron chi connectivity index (χ0n) is 13.5.